The maximum absolute atomic E-state index is 9.79. The van der Waals surface area contributed by atoms with Gasteiger partial charge in [-0.3, -0.25) is 0 Å². The van der Waals surface area contributed by atoms with Gasteiger partial charge in [-0.05, 0) is 63.4 Å². The van der Waals surface area contributed by atoms with Crippen LogP contribution in [0.25, 0.3) is 0 Å². The van der Waals surface area contributed by atoms with Crippen molar-refractivity contribution in [2.24, 2.45) is 0 Å². The summed E-state index contributed by atoms with van der Waals surface area (Å²) in [6.45, 7) is 3.94. The molecule has 0 aliphatic heterocycles. The molecule has 0 aromatic heterocycles. The van der Waals surface area contributed by atoms with E-state index in [1.807, 2.05) is 38.1 Å². The summed E-state index contributed by atoms with van der Waals surface area (Å²) in [5.74, 6) is 0. The predicted molar refractivity (Wildman–Crippen MR) is 66.2 cm³/mol. The number of aliphatic hydroxyl groups excluding tert-OH is 1. The van der Waals surface area contributed by atoms with Crippen molar-refractivity contribution < 1.29 is 5.11 Å². The van der Waals surface area contributed by atoms with Gasteiger partial charge in [-0.1, -0.05) is 17.7 Å². The summed E-state index contributed by atoms with van der Waals surface area (Å²) >= 11 is 6.79. The summed E-state index contributed by atoms with van der Waals surface area (Å²) in [6.07, 6.45) is 1.31. The van der Waals surface area contributed by atoms with Crippen molar-refractivity contribution in [3.05, 3.63) is 44.4 Å². The topological polar surface area (TPSA) is 20.2 Å². The number of rotatable bonds is 2. The standard InChI is InChI=1S/C11H12Br2O/c1-7(2)5-11(14)8-3-4-9(12)10(13)6-8/h3-6,11,14H,1-2H3. The Labute approximate surface area is 101 Å². The minimum absolute atomic E-state index is 0.524. The molecular weight excluding hydrogens is 308 g/mol. The van der Waals surface area contributed by atoms with E-state index in [0.29, 0.717) is 0 Å². The minimum Gasteiger partial charge on any atom is -0.384 e. The third-order valence-electron chi connectivity index (χ3n) is 1.78. The van der Waals surface area contributed by atoms with Gasteiger partial charge in [0.05, 0.1) is 6.10 Å². The van der Waals surface area contributed by atoms with Crippen LogP contribution in [0.4, 0.5) is 0 Å². The molecule has 1 N–H and O–H groups in total. The monoisotopic (exact) mass is 318 g/mol. The molecule has 1 unspecified atom stereocenters. The fraction of sp³-hybridized carbons (Fsp3) is 0.273. The number of aliphatic hydroxyl groups is 1. The Balaban J connectivity index is 2.97. The molecule has 3 heteroatoms. The van der Waals surface area contributed by atoms with E-state index in [9.17, 15) is 5.11 Å². The predicted octanol–water partition coefficient (Wildman–Crippen LogP) is 4.21. The van der Waals surface area contributed by atoms with Crippen LogP contribution in [0.15, 0.2) is 38.8 Å². The summed E-state index contributed by atoms with van der Waals surface area (Å²) in [5.41, 5.74) is 2.00. The molecule has 0 bridgehead atoms. The molecule has 1 aromatic rings. The van der Waals surface area contributed by atoms with Gasteiger partial charge in [0.1, 0.15) is 0 Å². The van der Waals surface area contributed by atoms with Gasteiger partial charge in [-0.25, -0.2) is 0 Å². The summed E-state index contributed by atoms with van der Waals surface area (Å²) < 4.78 is 1.95. The zero-order valence-electron chi connectivity index (χ0n) is 8.09. The maximum Gasteiger partial charge on any atom is 0.0974 e. The summed E-state index contributed by atoms with van der Waals surface area (Å²) in [5, 5.41) is 9.79. The van der Waals surface area contributed by atoms with E-state index >= 15 is 0 Å². The summed E-state index contributed by atoms with van der Waals surface area (Å²) in [4.78, 5) is 0. The van der Waals surface area contributed by atoms with E-state index < -0.39 is 6.10 Å². The zero-order chi connectivity index (χ0) is 10.7. The Morgan fingerprint density at radius 3 is 2.43 bits per heavy atom. The van der Waals surface area contributed by atoms with Crippen LogP contribution in [0.5, 0.6) is 0 Å². The van der Waals surface area contributed by atoms with Gasteiger partial charge < -0.3 is 5.11 Å². The van der Waals surface area contributed by atoms with Gasteiger partial charge in [-0.2, -0.15) is 0 Å². The zero-order valence-corrected chi connectivity index (χ0v) is 11.3. The largest absolute Gasteiger partial charge is 0.384 e. The Hall–Kier alpha value is -0.120. The lowest BCUT2D eigenvalue weighted by Crippen LogP contribution is -1.93. The van der Waals surface area contributed by atoms with Gasteiger partial charge in [0.15, 0.2) is 0 Å². The van der Waals surface area contributed by atoms with Crippen molar-refractivity contribution in [2.45, 2.75) is 20.0 Å². The first-order valence-corrected chi connectivity index (χ1v) is 5.87. The molecule has 1 rings (SSSR count). The third kappa shape index (κ3) is 3.23. The van der Waals surface area contributed by atoms with Gasteiger partial charge in [0.25, 0.3) is 0 Å². The van der Waals surface area contributed by atoms with Crippen LogP contribution in [0.2, 0.25) is 0 Å². The normalized spacial score (nSPS) is 12.4. The first kappa shape index (κ1) is 12.0. The first-order chi connectivity index (χ1) is 6.50. The molecule has 0 aliphatic rings. The lowest BCUT2D eigenvalue weighted by molar-refractivity contribution is 0.227. The van der Waals surface area contributed by atoms with Gasteiger partial charge in [0, 0.05) is 8.95 Å². The van der Waals surface area contributed by atoms with Crippen molar-refractivity contribution in [1.29, 1.82) is 0 Å². The molecule has 1 nitrogen and oxygen atoms in total. The van der Waals surface area contributed by atoms with Crippen LogP contribution < -0.4 is 0 Å². The Morgan fingerprint density at radius 2 is 1.93 bits per heavy atom. The summed E-state index contributed by atoms with van der Waals surface area (Å²) in [6, 6.07) is 5.73. The van der Waals surface area contributed by atoms with Crippen LogP contribution >= 0.6 is 31.9 Å². The number of hydrogen-bond donors (Lipinski definition) is 1. The summed E-state index contributed by atoms with van der Waals surface area (Å²) in [7, 11) is 0. The molecule has 0 spiro atoms. The highest BCUT2D eigenvalue weighted by Gasteiger charge is 2.05. The molecule has 0 saturated carbocycles. The van der Waals surface area contributed by atoms with Crippen LogP contribution in [0.1, 0.15) is 25.5 Å². The van der Waals surface area contributed by atoms with E-state index in [0.717, 1.165) is 20.1 Å². The van der Waals surface area contributed by atoms with Gasteiger partial charge in [0.2, 0.25) is 0 Å². The third-order valence-corrected chi connectivity index (χ3v) is 3.66. The Bertz CT molecular complexity index is 354. The minimum atomic E-state index is -0.524. The second-order valence-electron chi connectivity index (χ2n) is 3.36. The van der Waals surface area contributed by atoms with Crippen molar-refractivity contribution >= 4 is 31.9 Å². The van der Waals surface area contributed by atoms with Crippen LogP contribution in [0, 0.1) is 0 Å². The molecule has 0 saturated heterocycles. The molecular formula is C11H12Br2O. The lowest BCUT2D eigenvalue weighted by Gasteiger charge is -2.08. The van der Waals surface area contributed by atoms with E-state index in [1.54, 1.807) is 0 Å². The highest BCUT2D eigenvalue weighted by Crippen LogP contribution is 2.27. The van der Waals surface area contributed by atoms with Crippen molar-refractivity contribution in [2.75, 3.05) is 0 Å². The van der Waals surface area contributed by atoms with Crippen LogP contribution in [-0.4, -0.2) is 5.11 Å². The Morgan fingerprint density at radius 1 is 1.29 bits per heavy atom. The van der Waals surface area contributed by atoms with E-state index in [4.69, 9.17) is 0 Å². The fourth-order valence-corrected chi connectivity index (χ4v) is 1.75. The van der Waals surface area contributed by atoms with Crippen molar-refractivity contribution in [3.63, 3.8) is 0 Å². The molecule has 14 heavy (non-hydrogen) atoms. The molecule has 1 aromatic carbocycles. The molecule has 76 valence electrons. The number of hydrogen-bond acceptors (Lipinski definition) is 1. The molecule has 0 heterocycles. The maximum atomic E-state index is 9.79. The average molecular weight is 320 g/mol. The second kappa shape index (κ2) is 5.10. The molecule has 1 atom stereocenters. The Kier molecular flexibility index (Phi) is 4.35. The highest BCUT2D eigenvalue weighted by molar-refractivity contribution is 9.13. The van der Waals surface area contributed by atoms with Crippen LogP contribution in [-0.2, 0) is 0 Å². The van der Waals surface area contributed by atoms with E-state index in [1.165, 1.54) is 0 Å². The van der Waals surface area contributed by atoms with Gasteiger partial charge >= 0.3 is 0 Å². The quantitative estimate of drug-likeness (QED) is 0.809. The van der Waals surface area contributed by atoms with Crippen molar-refractivity contribution in [3.8, 4) is 0 Å². The van der Waals surface area contributed by atoms with Gasteiger partial charge in [-0.15, -0.1) is 0 Å². The van der Waals surface area contributed by atoms with E-state index in [-0.39, 0.29) is 0 Å². The number of benzene rings is 1. The number of halogens is 2. The second-order valence-corrected chi connectivity index (χ2v) is 5.07. The smallest absolute Gasteiger partial charge is 0.0974 e. The molecule has 0 aliphatic carbocycles. The van der Waals surface area contributed by atoms with Crippen molar-refractivity contribution in [1.82, 2.24) is 0 Å². The number of allylic oxidation sites excluding steroid dienone is 1. The first-order valence-electron chi connectivity index (χ1n) is 4.28. The SMILES string of the molecule is CC(C)=CC(O)c1ccc(Br)c(Br)c1. The molecule has 0 amide bonds. The fourth-order valence-electron chi connectivity index (χ4n) is 1.11. The highest BCUT2D eigenvalue weighted by atomic mass is 79.9. The molecule has 0 radical (unpaired) electrons. The van der Waals surface area contributed by atoms with E-state index in [2.05, 4.69) is 31.9 Å². The average Bonchev–Trinajstić information content (AvgIpc) is 2.08. The van der Waals surface area contributed by atoms with Crippen LogP contribution in [0.3, 0.4) is 0 Å². The molecule has 0 fully saturated rings. The lowest BCUT2D eigenvalue weighted by atomic mass is 10.1.